The Kier molecular flexibility index (Phi) is 4.05. The van der Waals surface area contributed by atoms with Gasteiger partial charge in [0, 0.05) is 45.3 Å². The van der Waals surface area contributed by atoms with E-state index in [1.165, 1.54) is 12.8 Å². The number of rotatable bonds is 6. The first kappa shape index (κ1) is 15.3. The second kappa shape index (κ2) is 6.35. The second-order valence-corrected chi connectivity index (χ2v) is 6.81. The van der Waals surface area contributed by atoms with Crippen LogP contribution in [-0.2, 0) is 6.54 Å². The van der Waals surface area contributed by atoms with E-state index in [-0.39, 0.29) is 0 Å². The van der Waals surface area contributed by atoms with Crippen molar-refractivity contribution in [3.8, 4) is 0 Å². The molecule has 1 saturated carbocycles. The summed E-state index contributed by atoms with van der Waals surface area (Å²) in [6.07, 6.45) is 5.23. The minimum atomic E-state index is 0.376. The van der Waals surface area contributed by atoms with Crippen molar-refractivity contribution >= 4 is 11.8 Å². The van der Waals surface area contributed by atoms with E-state index in [1.54, 1.807) is 6.20 Å². The molecule has 1 N–H and O–H groups in total. The summed E-state index contributed by atoms with van der Waals surface area (Å²) in [5.74, 6) is 3.65. The van der Waals surface area contributed by atoms with Crippen molar-refractivity contribution in [1.82, 2.24) is 25.1 Å². The van der Waals surface area contributed by atoms with Gasteiger partial charge in [-0.05, 0) is 25.3 Å². The Morgan fingerprint density at radius 2 is 2.17 bits per heavy atom. The third-order valence-electron chi connectivity index (χ3n) is 4.44. The van der Waals surface area contributed by atoms with E-state index in [2.05, 4.69) is 30.4 Å². The van der Waals surface area contributed by atoms with Gasteiger partial charge < -0.3 is 14.6 Å². The molecule has 1 unspecified atom stereocenters. The van der Waals surface area contributed by atoms with Gasteiger partial charge in [0.15, 0.2) is 0 Å². The fourth-order valence-electron chi connectivity index (χ4n) is 2.96. The third-order valence-corrected chi connectivity index (χ3v) is 4.44. The molecule has 1 aliphatic carbocycles. The maximum Gasteiger partial charge on any atom is 0.230 e. The first-order valence-corrected chi connectivity index (χ1v) is 8.49. The molecule has 0 bridgehead atoms. The van der Waals surface area contributed by atoms with Crippen molar-refractivity contribution in [3.05, 3.63) is 24.0 Å². The predicted octanol–water partition coefficient (Wildman–Crippen LogP) is 1.49. The largest absolute Gasteiger partial charge is 0.424 e. The van der Waals surface area contributed by atoms with Crippen LogP contribution in [-0.4, -0.2) is 58.3 Å². The van der Waals surface area contributed by atoms with Crippen LogP contribution in [0.5, 0.6) is 0 Å². The minimum Gasteiger partial charge on any atom is -0.424 e. The number of aromatic nitrogens is 4. The van der Waals surface area contributed by atoms with Crippen molar-refractivity contribution in [2.24, 2.45) is 0 Å². The molecule has 0 amide bonds. The number of hydrogen-bond acceptors (Lipinski definition) is 8. The summed E-state index contributed by atoms with van der Waals surface area (Å²) in [5, 5.41) is 11.8. The smallest absolute Gasteiger partial charge is 0.230 e. The standard InChI is InChI=1S/C16H23N7O/c1-22(2)16-17-7-5-13(19-16)18-12-6-8-23(9-12)10-14-20-21-15(24-14)11-3-4-11/h5,7,11-12H,3-4,6,8-10H2,1-2H3,(H,17,18,19). The van der Waals surface area contributed by atoms with Crippen LogP contribution in [0.2, 0.25) is 0 Å². The molecule has 2 aromatic rings. The maximum atomic E-state index is 5.75. The van der Waals surface area contributed by atoms with Gasteiger partial charge in [-0.3, -0.25) is 4.90 Å². The molecule has 1 aliphatic heterocycles. The van der Waals surface area contributed by atoms with E-state index < -0.39 is 0 Å². The second-order valence-electron chi connectivity index (χ2n) is 6.81. The first-order valence-electron chi connectivity index (χ1n) is 8.49. The number of nitrogens with one attached hydrogen (secondary N) is 1. The Hall–Kier alpha value is -2.22. The molecule has 2 aromatic heterocycles. The predicted molar refractivity (Wildman–Crippen MR) is 89.9 cm³/mol. The van der Waals surface area contributed by atoms with E-state index in [1.807, 2.05) is 25.1 Å². The van der Waals surface area contributed by atoms with Crippen LogP contribution < -0.4 is 10.2 Å². The minimum absolute atomic E-state index is 0.376. The monoisotopic (exact) mass is 329 g/mol. The highest BCUT2D eigenvalue weighted by molar-refractivity contribution is 5.41. The zero-order valence-corrected chi connectivity index (χ0v) is 14.1. The van der Waals surface area contributed by atoms with Gasteiger partial charge in [0.2, 0.25) is 17.7 Å². The zero-order chi connectivity index (χ0) is 16.5. The van der Waals surface area contributed by atoms with E-state index >= 15 is 0 Å². The molecule has 24 heavy (non-hydrogen) atoms. The van der Waals surface area contributed by atoms with E-state index in [4.69, 9.17) is 4.42 Å². The highest BCUT2D eigenvalue weighted by Gasteiger charge is 2.30. The van der Waals surface area contributed by atoms with Crippen molar-refractivity contribution in [2.45, 2.75) is 37.8 Å². The fourth-order valence-corrected chi connectivity index (χ4v) is 2.96. The van der Waals surface area contributed by atoms with Crippen molar-refractivity contribution in [2.75, 3.05) is 37.4 Å². The molecule has 0 aromatic carbocycles. The van der Waals surface area contributed by atoms with Crippen LogP contribution in [0, 0.1) is 0 Å². The van der Waals surface area contributed by atoms with E-state index in [0.29, 0.717) is 17.9 Å². The van der Waals surface area contributed by atoms with Crippen molar-refractivity contribution in [1.29, 1.82) is 0 Å². The summed E-state index contributed by atoms with van der Waals surface area (Å²) < 4.78 is 5.75. The lowest BCUT2D eigenvalue weighted by Gasteiger charge is -2.16. The normalized spacial score (nSPS) is 21.2. The number of nitrogens with zero attached hydrogens (tertiary/aromatic N) is 6. The molecule has 2 aliphatic rings. The molecular weight excluding hydrogens is 306 g/mol. The van der Waals surface area contributed by atoms with Crippen LogP contribution in [0.1, 0.15) is 37.0 Å². The van der Waals surface area contributed by atoms with Crippen LogP contribution in [0.4, 0.5) is 11.8 Å². The summed E-state index contributed by atoms with van der Waals surface area (Å²) in [4.78, 5) is 13.0. The van der Waals surface area contributed by atoms with Gasteiger partial charge >= 0.3 is 0 Å². The topological polar surface area (TPSA) is 83.2 Å². The molecule has 1 saturated heterocycles. The van der Waals surface area contributed by atoms with Crippen LogP contribution >= 0.6 is 0 Å². The molecule has 2 fully saturated rings. The quantitative estimate of drug-likeness (QED) is 0.853. The molecule has 0 radical (unpaired) electrons. The van der Waals surface area contributed by atoms with Crippen molar-refractivity contribution < 1.29 is 4.42 Å². The zero-order valence-electron chi connectivity index (χ0n) is 14.1. The van der Waals surface area contributed by atoms with Gasteiger partial charge in [-0.25, -0.2) is 4.98 Å². The van der Waals surface area contributed by atoms with Crippen LogP contribution in [0.3, 0.4) is 0 Å². The Morgan fingerprint density at radius 1 is 1.29 bits per heavy atom. The summed E-state index contributed by atoms with van der Waals surface area (Å²) in [5.41, 5.74) is 0. The fraction of sp³-hybridized carbons (Fsp3) is 0.625. The Balaban J connectivity index is 1.31. The Bertz CT molecular complexity index is 697. The van der Waals surface area contributed by atoms with Crippen molar-refractivity contribution in [3.63, 3.8) is 0 Å². The molecule has 4 rings (SSSR count). The lowest BCUT2D eigenvalue weighted by molar-refractivity contribution is 0.284. The van der Waals surface area contributed by atoms with Gasteiger partial charge in [0.1, 0.15) is 5.82 Å². The van der Waals surface area contributed by atoms with E-state index in [9.17, 15) is 0 Å². The molecule has 1 atom stereocenters. The Labute approximate surface area is 141 Å². The molecule has 0 spiro atoms. The SMILES string of the molecule is CN(C)c1nccc(NC2CCN(Cc3nnc(C4CC4)o3)C2)n1. The molecule has 8 heteroatoms. The number of hydrogen-bond donors (Lipinski definition) is 1. The highest BCUT2D eigenvalue weighted by Crippen LogP contribution is 2.39. The van der Waals surface area contributed by atoms with E-state index in [0.717, 1.165) is 43.7 Å². The average Bonchev–Trinajstić information content (AvgIpc) is 3.17. The average molecular weight is 329 g/mol. The Morgan fingerprint density at radius 3 is 2.96 bits per heavy atom. The van der Waals surface area contributed by atoms with Gasteiger partial charge in [-0.15, -0.1) is 10.2 Å². The molecule has 8 nitrogen and oxygen atoms in total. The first-order chi connectivity index (χ1) is 11.7. The van der Waals surface area contributed by atoms with Gasteiger partial charge in [-0.1, -0.05) is 0 Å². The van der Waals surface area contributed by atoms with Crippen LogP contribution in [0.25, 0.3) is 0 Å². The van der Waals surface area contributed by atoms with Gasteiger partial charge in [-0.2, -0.15) is 4.98 Å². The molecule has 3 heterocycles. The lowest BCUT2D eigenvalue weighted by atomic mass is 10.2. The number of anilines is 2. The summed E-state index contributed by atoms with van der Waals surface area (Å²) >= 11 is 0. The third kappa shape index (κ3) is 3.48. The van der Waals surface area contributed by atoms with Crippen LogP contribution in [0.15, 0.2) is 16.7 Å². The summed E-state index contributed by atoms with van der Waals surface area (Å²) in [7, 11) is 3.88. The summed E-state index contributed by atoms with van der Waals surface area (Å²) in [6.45, 7) is 2.69. The maximum absolute atomic E-state index is 5.75. The highest BCUT2D eigenvalue weighted by atomic mass is 16.4. The summed E-state index contributed by atoms with van der Waals surface area (Å²) in [6, 6.07) is 2.29. The molecular formula is C16H23N7O. The molecule has 128 valence electrons. The van der Waals surface area contributed by atoms with Gasteiger partial charge in [0.05, 0.1) is 6.54 Å². The van der Waals surface area contributed by atoms with Gasteiger partial charge in [0.25, 0.3) is 0 Å². The lowest BCUT2D eigenvalue weighted by Crippen LogP contribution is -2.26. The number of likely N-dealkylation sites (tertiary alicyclic amines) is 1.